The second kappa shape index (κ2) is 4.85. The second-order valence-electron chi connectivity index (χ2n) is 4.23. The van der Waals surface area contributed by atoms with E-state index in [-0.39, 0.29) is 23.8 Å². The summed E-state index contributed by atoms with van der Waals surface area (Å²) in [5.74, 6) is -0.549. The lowest BCUT2D eigenvalue weighted by Gasteiger charge is -2.05. The predicted molar refractivity (Wildman–Crippen MR) is 71.5 cm³/mol. The number of thiazole rings is 1. The summed E-state index contributed by atoms with van der Waals surface area (Å²) in [5, 5.41) is 4.61. The van der Waals surface area contributed by atoms with Gasteiger partial charge in [0.1, 0.15) is 0 Å². The molecule has 0 spiro atoms. The molecule has 1 aliphatic heterocycles. The number of nitrogens with two attached hydrogens (primary N) is 1. The highest BCUT2D eigenvalue weighted by Gasteiger charge is 2.43. The monoisotopic (exact) mass is 313 g/mol. The molecule has 21 heavy (non-hydrogen) atoms. The lowest BCUT2D eigenvalue weighted by molar-refractivity contribution is -0.286. The molecule has 1 amide bonds. The third-order valence-electron chi connectivity index (χ3n) is 2.60. The molecule has 1 aromatic carbocycles. The number of rotatable bonds is 3. The first-order chi connectivity index (χ1) is 9.91. The molecule has 110 valence electrons. The molecule has 1 aromatic heterocycles. The van der Waals surface area contributed by atoms with E-state index in [9.17, 15) is 13.6 Å². The van der Waals surface area contributed by atoms with Crippen molar-refractivity contribution in [3.63, 3.8) is 0 Å². The number of nitrogen functional groups attached to an aromatic ring is 1. The summed E-state index contributed by atoms with van der Waals surface area (Å²) in [6, 6.07) is 4.01. The number of hydrogen-bond donors (Lipinski definition) is 2. The van der Waals surface area contributed by atoms with Gasteiger partial charge in [-0.25, -0.2) is 4.98 Å². The average Bonchev–Trinajstić information content (AvgIpc) is 2.90. The molecule has 0 saturated carbocycles. The molecular formula is C12H9F2N3O3S. The van der Waals surface area contributed by atoms with E-state index in [1.165, 1.54) is 29.5 Å². The number of aromatic nitrogens is 1. The number of carbonyl (C=O) groups excluding carboxylic acids is 1. The standard InChI is InChI=1S/C12H9F2N3O3S/c13-12(14)19-8-2-1-6(3-9(8)20-12)16-10(18)4-7-5-21-11(15)17-7/h1-3,5H,4H2,(H2,15,17)(H,16,18). The Hall–Kier alpha value is -2.42. The Morgan fingerprint density at radius 2 is 2.14 bits per heavy atom. The molecule has 2 heterocycles. The van der Waals surface area contributed by atoms with Crippen molar-refractivity contribution < 1.29 is 23.0 Å². The Morgan fingerprint density at radius 3 is 2.86 bits per heavy atom. The number of alkyl halides is 2. The van der Waals surface area contributed by atoms with E-state index in [2.05, 4.69) is 19.8 Å². The molecule has 0 bridgehead atoms. The third-order valence-corrected chi connectivity index (χ3v) is 3.32. The van der Waals surface area contributed by atoms with Gasteiger partial charge in [-0.15, -0.1) is 20.1 Å². The molecule has 9 heteroatoms. The zero-order valence-corrected chi connectivity index (χ0v) is 11.2. The Labute approximate surface area is 121 Å². The number of fused-ring (bicyclic) bond motifs is 1. The van der Waals surface area contributed by atoms with Crippen molar-refractivity contribution in [1.82, 2.24) is 4.98 Å². The van der Waals surface area contributed by atoms with Crippen LogP contribution in [0.25, 0.3) is 0 Å². The Kier molecular flexibility index (Phi) is 3.13. The van der Waals surface area contributed by atoms with Crippen LogP contribution in [0.1, 0.15) is 5.69 Å². The van der Waals surface area contributed by atoms with Crippen LogP contribution in [-0.4, -0.2) is 17.2 Å². The molecule has 0 aliphatic carbocycles. The molecule has 2 aromatic rings. The van der Waals surface area contributed by atoms with E-state index in [4.69, 9.17) is 5.73 Å². The minimum absolute atomic E-state index is 0.0400. The molecule has 1 aliphatic rings. The van der Waals surface area contributed by atoms with E-state index in [0.29, 0.717) is 16.5 Å². The third kappa shape index (κ3) is 3.02. The van der Waals surface area contributed by atoms with Crippen molar-refractivity contribution >= 4 is 28.1 Å². The number of ether oxygens (including phenoxy) is 2. The van der Waals surface area contributed by atoms with Crippen LogP contribution in [0.4, 0.5) is 19.6 Å². The fraction of sp³-hybridized carbons (Fsp3) is 0.167. The van der Waals surface area contributed by atoms with Crippen LogP contribution in [0, 0.1) is 0 Å². The Bertz CT molecular complexity index is 705. The van der Waals surface area contributed by atoms with E-state index < -0.39 is 6.29 Å². The lowest BCUT2D eigenvalue weighted by Crippen LogP contribution is -2.25. The van der Waals surface area contributed by atoms with Crippen LogP contribution >= 0.6 is 11.3 Å². The van der Waals surface area contributed by atoms with E-state index in [1.807, 2.05) is 0 Å². The largest absolute Gasteiger partial charge is 0.586 e. The quantitative estimate of drug-likeness (QED) is 0.907. The Balaban J connectivity index is 1.67. The Morgan fingerprint density at radius 1 is 1.38 bits per heavy atom. The molecule has 3 N–H and O–H groups in total. The van der Waals surface area contributed by atoms with Gasteiger partial charge in [-0.3, -0.25) is 4.79 Å². The first-order valence-corrected chi connectivity index (χ1v) is 6.69. The smallest absolute Gasteiger partial charge is 0.395 e. The molecule has 0 saturated heterocycles. The minimum Gasteiger partial charge on any atom is -0.395 e. The van der Waals surface area contributed by atoms with E-state index >= 15 is 0 Å². The summed E-state index contributed by atoms with van der Waals surface area (Å²) in [7, 11) is 0. The van der Waals surface area contributed by atoms with Crippen LogP contribution in [0.2, 0.25) is 0 Å². The maximum Gasteiger partial charge on any atom is 0.586 e. The van der Waals surface area contributed by atoms with Crippen molar-refractivity contribution in [3.05, 3.63) is 29.3 Å². The number of amides is 1. The highest BCUT2D eigenvalue weighted by molar-refractivity contribution is 7.13. The first-order valence-electron chi connectivity index (χ1n) is 5.81. The topological polar surface area (TPSA) is 86.5 Å². The summed E-state index contributed by atoms with van der Waals surface area (Å²) in [4.78, 5) is 15.8. The predicted octanol–water partition coefficient (Wildman–Crippen LogP) is 2.23. The number of anilines is 2. The molecule has 0 fully saturated rings. The number of nitrogens with zero attached hydrogens (tertiary/aromatic N) is 1. The number of carbonyl (C=O) groups is 1. The highest BCUT2D eigenvalue weighted by atomic mass is 32.1. The van der Waals surface area contributed by atoms with Crippen LogP contribution in [0.15, 0.2) is 23.6 Å². The van der Waals surface area contributed by atoms with Crippen LogP contribution in [-0.2, 0) is 11.2 Å². The van der Waals surface area contributed by atoms with Crippen molar-refractivity contribution in [3.8, 4) is 11.5 Å². The van der Waals surface area contributed by atoms with Gasteiger partial charge in [-0.2, -0.15) is 0 Å². The number of benzene rings is 1. The van der Waals surface area contributed by atoms with Gasteiger partial charge in [-0.1, -0.05) is 0 Å². The molecule has 0 radical (unpaired) electrons. The van der Waals surface area contributed by atoms with Crippen molar-refractivity contribution in [2.24, 2.45) is 0 Å². The van der Waals surface area contributed by atoms with Gasteiger partial charge in [0.15, 0.2) is 16.6 Å². The van der Waals surface area contributed by atoms with Crippen molar-refractivity contribution in [2.45, 2.75) is 12.7 Å². The molecule has 6 nitrogen and oxygen atoms in total. The van der Waals surface area contributed by atoms with Gasteiger partial charge in [0.05, 0.1) is 12.1 Å². The summed E-state index contributed by atoms with van der Waals surface area (Å²) in [6.07, 6.45) is -3.64. The SMILES string of the molecule is Nc1nc(CC(=O)Nc2ccc3c(c2)OC(F)(F)O3)cs1. The zero-order chi connectivity index (χ0) is 15.0. The average molecular weight is 313 g/mol. The van der Waals surface area contributed by atoms with Crippen molar-refractivity contribution in [1.29, 1.82) is 0 Å². The summed E-state index contributed by atoms with van der Waals surface area (Å²) < 4.78 is 34.3. The van der Waals surface area contributed by atoms with Crippen LogP contribution in [0.5, 0.6) is 11.5 Å². The molecule has 0 atom stereocenters. The molecular weight excluding hydrogens is 304 g/mol. The van der Waals surface area contributed by atoms with Crippen molar-refractivity contribution in [2.75, 3.05) is 11.1 Å². The highest BCUT2D eigenvalue weighted by Crippen LogP contribution is 2.42. The van der Waals surface area contributed by atoms with Gasteiger partial charge in [0.25, 0.3) is 0 Å². The van der Waals surface area contributed by atoms with Gasteiger partial charge in [0.2, 0.25) is 5.91 Å². The zero-order valence-electron chi connectivity index (χ0n) is 10.4. The minimum atomic E-state index is -3.68. The maximum absolute atomic E-state index is 12.9. The normalized spacial score (nSPS) is 15.0. The van der Waals surface area contributed by atoms with Gasteiger partial charge < -0.3 is 20.5 Å². The summed E-state index contributed by atoms with van der Waals surface area (Å²) in [5.41, 5.74) is 6.33. The van der Waals surface area contributed by atoms with Crippen LogP contribution < -0.4 is 20.5 Å². The fourth-order valence-electron chi connectivity index (χ4n) is 1.80. The van der Waals surface area contributed by atoms with Gasteiger partial charge in [0, 0.05) is 17.1 Å². The summed E-state index contributed by atoms with van der Waals surface area (Å²) in [6.45, 7) is 0. The fourth-order valence-corrected chi connectivity index (χ4v) is 2.36. The number of hydrogen-bond acceptors (Lipinski definition) is 6. The van der Waals surface area contributed by atoms with E-state index in [1.54, 1.807) is 5.38 Å². The summed E-state index contributed by atoms with van der Waals surface area (Å²) >= 11 is 1.24. The van der Waals surface area contributed by atoms with Crippen LogP contribution in [0.3, 0.4) is 0 Å². The van der Waals surface area contributed by atoms with Gasteiger partial charge >= 0.3 is 6.29 Å². The number of nitrogens with one attached hydrogen (secondary N) is 1. The molecule has 0 unspecified atom stereocenters. The second-order valence-corrected chi connectivity index (χ2v) is 5.12. The maximum atomic E-state index is 12.9. The molecule has 3 rings (SSSR count). The first kappa shape index (κ1) is 13.6. The lowest BCUT2D eigenvalue weighted by atomic mass is 10.2. The van der Waals surface area contributed by atoms with Gasteiger partial charge in [-0.05, 0) is 12.1 Å². The number of halogens is 2. The van der Waals surface area contributed by atoms with E-state index in [0.717, 1.165) is 0 Å².